The zero-order valence-corrected chi connectivity index (χ0v) is 11.6. The Morgan fingerprint density at radius 2 is 2.15 bits per heavy atom. The Hall–Kier alpha value is -1.93. The number of unbranched alkanes of at least 4 members (excludes halogenated alkanes) is 1. The first-order valence-electron chi connectivity index (χ1n) is 6.84. The van der Waals surface area contributed by atoms with E-state index in [1.54, 1.807) is 6.20 Å². The number of fused-ring (bicyclic) bond motifs is 1. The summed E-state index contributed by atoms with van der Waals surface area (Å²) in [6, 6.07) is 0. The lowest BCUT2D eigenvalue weighted by molar-refractivity contribution is 0.131. The minimum absolute atomic E-state index is 0.350. The summed E-state index contributed by atoms with van der Waals surface area (Å²) in [5, 5.41) is 10.8. The molecule has 0 spiro atoms. The summed E-state index contributed by atoms with van der Waals surface area (Å²) in [5.41, 5.74) is 3.09. The van der Waals surface area contributed by atoms with Crippen molar-refractivity contribution in [1.82, 2.24) is 20.2 Å². The molecule has 110 valence electrons. The Morgan fingerprint density at radius 3 is 2.95 bits per heavy atom. The predicted octanol–water partition coefficient (Wildman–Crippen LogP) is 1.26. The SMILES string of the molecule is CCCCOCCCNc1nc(NN)nc2[nH]ncc12. The summed E-state index contributed by atoms with van der Waals surface area (Å²) in [4.78, 5) is 8.44. The normalized spacial score (nSPS) is 10.9. The van der Waals surface area contributed by atoms with Gasteiger partial charge in [-0.1, -0.05) is 13.3 Å². The fourth-order valence-corrected chi connectivity index (χ4v) is 1.76. The number of nitrogen functional groups attached to an aromatic ring is 1. The molecule has 0 aliphatic rings. The van der Waals surface area contributed by atoms with Crippen LogP contribution in [0.1, 0.15) is 26.2 Å². The van der Waals surface area contributed by atoms with E-state index in [4.69, 9.17) is 10.6 Å². The summed E-state index contributed by atoms with van der Waals surface area (Å²) in [6.45, 7) is 4.50. The summed E-state index contributed by atoms with van der Waals surface area (Å²) in [7, 11) is 0. The quantitative estimate of drug-likeness (QED) is 0.310. The number of hydrogen-bond acceptors (Lipinski definition) is 7. The van der Waals surface area contributed by atoms with Crippen LogP contribution in [0.3, 0.4) is 0 Å². The van der Waals surface area contributed by atoms with E-state index >= 15 is 0 Å². The number of aromatic amines is 1. The van der Waals surface area contributed by atoms with Gasteiger partial charge >= 0.3 is 0 Å². The van der Waals surface area contributed by atoms with Gasteiger partial charge in [-0.2, -0.15) is 15.1 Å². The van der Waals surface area contributed by atoms with Gasteiger partial charge in [0.05, 0.1) is 11.6 Å². The van der Waals surface area contributed by atoms with E-state index in [1.807, 2.05) is 0 Å². The van der Waals surface area contributed by atoms with Crippen LogP contribution >= 0.6 is 0 Å². The molecule has 0 saturated heterocycles. The third-order valence-electron chi connectivity index (χ3n) is 2.84. The highest BCUT2D eigenvalue weighted by molar-refractivity contribution is 5.86. The number of hydrazine groups is 1. The standard InChI is InChI=1S/C12H21N7O/c1-2-3-6-20-7-4-5-14-10-9-8-15-19-11(9)17-12(16-10)18-13/h8H,2-7,13H2,1H3,(H3,14,15,16,17,18,19). The number of anilines is 2. The van der Waals surface area contributed by atoms with Crippen LogP contribution in [0.15, 0.2) is 6.20 Å². The number of nitrogens with one attached hydrogen (secondary N) is 3. The smallest absolute Gasteiger partial charge is 0.241 e. The Balaban J connectivity index is 1.84. The van der Waals surface area contributed by atoms with Gasteiger partial charge < -0.3 is 10.1 Å². The first kappa shape index (κ1) is 14.5. The number of nitrogens with zero attached hydrogens (tertiary/aromatic N) is 3. The third kappa shape index (κ3) is 3.78. The molecular weight excluding hydrogens is 258 g/mol. The highest BCUT2D eigenvalue weighted by Crippen LogP contribution is 2.19. The molecule has 0 unspecified atom stereocenters. The van der Waals surface area contributed by atoms with E-state index in [2.05, 4.69) is 37.8 Å². The van der Waals surface area contributed by atoms with Crippen LogP contribution in [-0.2, 0) is 4.74 Å². The largest absolute Gasteiger partial charge is 0.381 e. The summed E-state index contributed by atoms with van der Waals surface area (Å²) in [6.07, 6.45) is 4.88. The maximum atomic E-state index is 5.51. The van der Waals surface area contributed by atoms with Crippen LogP contribution in [0.4, 0.5) is 11.8 Å². The van der Waals surface area contributed by atoms with Crippen LogP contribution in [0, 0.1) is 0 Å². The molecule has 2 aromatic heterocycles. The second-order valence-corrected chi connectivity index (χ2v) is 4.42. The minimum atomic E-state index is 0.350. The van der Waals surface area contributed by atoms with Gasteiger partial charge in [-0.15, -0.1) is 0 Å². The van der Waals surface area contributed by atoms with Gasteiger partial charge in [-0.05, 0) is 12.8 Å². The lowest BCUT2D eigenvalue weighted by Crippen LogP contribution is -2.13. The van der Waals surface area contributed by atoms with Gasteiger partial charge in [-0.25, -0.2) is 5.84 Å². The second kappa shape index (κ2) is 7.61. The van der Waals surface area contributed by atoms with Crippen LogP contribution in [0.2, 0.25) is 0 Å². The van der Waals surface area contributed by atoms with E-state index in [0.29, 0.717) is 17.4 Å². The Labute approximate surface area is 117 Å². The van der Waals surface area contributed by atoms with Crippen molar-refractivity contribution in [1.29, 1.82) is 0 Å². The van der Waals surface area contributed by atoms with Crippen molar-refractivity contribution in [2.24, 2.45) is 5.84 Å². The van der Waals surface area contributed by atoms with Gasteiger partial charge in [0.15, 0.2) is 5.65 Å². The molecule has 0 aliphatic carbocycles. The Bertz CT molecular complexity index is 528. The maximum absolute atomic E-state index is 5.51. The van der Waals surface area contributed by atoms with Crippen molar-refractivity contribution in [3.8, 4) is 0 Å². The fourth-order valence-electron chi connectivity index (χ4n) is 1.76. The van der Waals surface area contributed by atoms with Gasteiger partial charge in [0.2, 0.25) is 5.95 Å². The predicted molar refractivity (Wildman–Crippen MR) is 78.3 cm³/mol. The number of hydrogen-bond donors (Lipinski definition) is 4. The number of H-pyrrole nitrogens is 1. The summed E-state index contributed by atoms with van der Waals surface area (Å²) < 4.78 is 5.51. The molecular formula is C12H21N7O. The third-order valence-corrected chi connectivity index (χ3v) is 2.84. The lowest BCUT2D eigenvalue weighted by Gasteiger charge is -2.08. The average Bonchev–Trinajstić information content (AvgIpc) is 2.94. The van der Waals surface area contributed by atoms with Crippen LogP contribution in [0.5, 0.6) is 0 Å². The zero-order valence-electron chi connectivity index (χ0n) is 11.6. The molecule has 8 heteroatoms. The highest BCUT2D eigenvalue weighted by Gasteiger charge is 2.08. The molecule has 2 heterocycles. The van der Waals surface area contributed by atoms with E-state index in [0.717, 1.165) is 44.4 Å². The van der Waals surface area contributed by atoms with E-state index in [1.165, 1.54) is 0 Å². The molecule has 20 heavy (non-hydrogen) atoms. The second-order valence-electron chi connectivity index (χ2n) is 4.42. The summed E-state index contributed by atoms with van der Waals surface area (Å²) >= 11 is 0. The minimum Gasteiger partial charge on any atom is -0.381 e. The van der Waals surface area contributed by atoms with E-state index in [9.17, 15) is 0 Å². The lowest BCUT2D eigenvalue weighted by atomic mass is 10.3. The topological polar surface area (TPSA) is 114 Å². The summed E-state index contributed by atoms with van der Waals surface area (Å²) in [5.74, 6) is 6.41. The Kier molecular flexibility index (Phi) is 5.51. The average molecular weight is 279 g/mol. The van der Waals surface area contributed by atoms with Crippen molar-refractivity contribution in [2.45, 2.75) is 26.2 Å². The maximum Gasteiger partial charge on any atom is 0.241 e. The molecule has 0 radical (unpaired) electrons. The molecule has 2 aromatic rings. The molecule has 0 bridgehead atoms. The van der Waals surface area contributed by atoms with E-state index in [-0.39, 0.29) is 0 Å². The van der Waals surface area contributed by atoms with Gasteiger partial charge in [0, 0.05) is 19.8 Å². The molecule has 8 nitrogen and oxygen atoms in total. The molecule has 0 amide bonds. The van der Waals surface area contributed by atoms with Crippen molar-refractivity contribution in [3.05, 3.63) is 6.20 Å². The van der Waals surface area contributed by atoms with Gasteiger partial charge in [0.1, 0.15) is 5.82 Å². The van der Waals surface area contributed by atoms with Crippen LogP contribution < -0.4 is 16.6 Å². The van der Waals surface area contributed by atoms with Gasteiger partial charge in [0.25, 0.3) is 0 Å². The molecule has 0 aliphatic heterocycles. The van der Waals surface area contributed by atoms with Crippen LogP contribution in [-0.4, -0.2) is 39.9 Å². The fraction of sp³-hybridized carbons (Fsp3) is 0.583. The number of nitrogens with two attached hydrogens (primary N) is 1. The van der Waals surface area contributed by atoms with Crippen molar-refractivity contribution in [2.75, 3.05) is 30.5 Å². The molecule has 5 N–H and O–H groups in total. The molecule has 0 aromatic carbocycles. The molecule has 0 saturated carbocycles. The zero-order chi connectivity index (χ0) is 14.2. The number of ether oxygens (including phenoxy) is 1. The van der Waals surface area contributed by atoms with Crippen LogP contribution in [0.25, 0.3) is 11.0 Å². The van der Waals surface area contributed by atoms with E-state index < -0.39 is 0 Å². The van der Waals surface area contributed by atoms with Crippen molar-refractivity contribution < 1.29 is 4.74 Å². The number of aromatic nitrogens is 4. The first-order chi connectivity index (χ1) is 9.85. The monoisotopic (exact) mass is 279 g/mol. The Morgan fingerprint density at radius 1 is 1.30 bits per heavy atom. The van der Waals surface area contributed by atoms with Gasteiger partial charge in [-0.3, -0.25) is 10.5 Å². The van der Waals surface area contributed by atoms with Crippen molar-refractivity contribution in [3.63, 3.8) is 0 Å². The number of rotatable bonds is 9. The first-order valence-corrected chi connectivity index (χ1v) is 6.84. The highest BCUT2D eigenvalue weighted by atomic mass is 16.5. The van der Waals surface area contributed by atoms with Crippen molar-refractivity contribution >= 4 is 22.8 Å². The molecule has 2 rings (SSSR count). The molecule has 0 atom stereocenters. The molecule has 0 fully saturated rings.